The van der Waals surface area contributed by atoms with Crippen molar-refractivity contribution in [3.63, 3.8) is 0 Å². The molecule has 2 aromatic carbocycles. The van der Waals surface area contributed by atoms with Crippen molar-refractivity contribution in [2.75, 3.05) is 32.8 Å². The Balaban J connectivity index is 1.21. The maximum atomic E-state index is 13.4. The summed E-state index contributed by atoms with van der Waals surface area (Å²) >= 11 is 0. The maximum Gasteiger partial charge on any atom is 0.254 e. The summed E-state index contributed by atoms with van der Waals surface area (Å²) in [5.74, 6) is 1.67. The van der Waals surface area contributed by atoms with Gasteiger partial charge in [0.05, 0.1) is 17.7 Å². The van der Waals surface area contributed by atoms with Gasteiger partial charge in [0.25, 0.3) is 5.91 Å². The van der Waals surface area contributed by atoms with E-state index < -0.39 is 0 Å². The lowest BCUT2D eigenvalue weighted by Gasteiger charge is -2.39. The molecule has 1 amide bonds. The fourth-order valence-electron chi connectivity index (χ4n) is 5.43. The zero-order valence-electron chi connectivity index (χ0n) is 20.4. The number of ether oxygens (including phenoxy) is 1. The van der Waals surface area contributed by atoms with Crippen LogP contribution in [0.1, 0.15) is 49.0 Å². The molecule has 0 N–H and O–H groups in total. The van der Waals surface area contributed by atoms with E-state index in [1.807, 2.05) is 30.3 Å². The standard InChI is InChI=1S/C29H35N3O2/c1-22(2)20-34-27-10-6-3-7-23(27)19-31-16-12-29(13-17-31)14-18-32(21-29)28(33)25-11-15-30-26-9-5-4-8-24(25)26/h3-11,15,22H,12-14,16-21H2,1-2H3. The Bertz CT molecular complexity index is 1150. The van der Waals surface area contributed by atoms with Crippen molar-refractivity contribution in [2.24, 2.45) is 11.3 Å². The van der Waals surface area contributed by atoms with Crippen LogP contribution >= 0.6 is 0 Å². The number of para-hydroxylation sites is 2. The first-order valence-electron chi connectivity index (χ1n) is 12.6. The number of benzene rings is 2. The molecule has 3 aromatic rings. The normalized spacial score (nSPS) is 18.1. The summed E-state index contributed by atoms with van der Waals surface area (Å²) in [7, 11) is 0. The lowest BCUT2D eigenvalue weighted by molar-refractivity contribution is 0.0714. The lowest BCUT2D eigenvalue weighted by Crippen LogP contribution is -2.42. The third-order valence-corrected chi connectivity index (χ3v) is 7.46. The SMILES string of the molecule is CC(C)COc1ccccc1CN1CCC2(CC1)CCN(C(=O)c1ccnc3ccccc13)C2. The fourth-order valence-corrected chi connectivity index (χ4v) is 5.43. The van der Waals surface area contributed by atoms with Gasteiger partial charge in [-0.1, -0.05) is 50.2 Å². The van der Waals surface area contributed by atoms with Crippen LogP contribution in [0.3, 0.4) is 0 Å². The monoisotopic (exact) mass is 457 g/mol. The van der Waals surface area contributed by atoms with E-state index in [1.165, 1.54) is 5.56 Å². The summed E-state index contributed by atoms with van der Waals surface area (Å²) in [4.78, 5) is 22.5. The zero-order valence-corrected chi connectivity index (χ0v) is 20.4. The van der Waals surface area contributed by atoms with Gasteiger partial charge in [-0.15, -0.1) is 0 Å². The second-order valence-electron chi connectivity index (χ2n) is 10.4. The highest BCUT2D eigenvalue weighted by Gasteiger charge is 2.42. The Morgan fingerprint density at radius 1 is 1.00 bits per heavy atom. The average molecular weight is 458 g/mol. The number of fused-ring (bicyclic) bond motifs is 1. The number of amides is 1. The van der Waals surface area contributed by atoms with Gasteiger partial charge in [0.1, 0.15) is 5.75 Å². The molecule has 178 valence electrons. The molecule has 34 heavy (non-hydrogen) atoms. The van der Waals surface area contributed by atoms with Gasteiger partial charge in [-0.05, 0) is 61.9 Å². The van der Waals surface area contributed by atoms with E-state index in [-0.39, 0.29) is 11.3 Å². The quantitative estimate of drug-likeness (QED) is 0.497. The number of nitrogens with zero attached hydrogens (tertiary/aromatic N) is 3. The number of hydrogen-bond acceptors (Lipinski definition) is 4. The lowest BCUT2D eigenvalue weighted by atomic mass is 9.77. The molecule has 2 aliphatic rings. The molecule has 2 saturated heterocycles. The molecule has 0 bridgehead atoms. The second kappa shape index (κ2) is 9.75. The van der Waals surface area contributed by atoms with Gasteiger partial charge in [0.2, 0.25) is 0 Å². The van der Waals surface area contributed by atoms with E-state index in [1.54, 1.807) is 6.20 Å². The summed E-state index contributed by atoms with van der Waals surface area (Å²) in [5.41, 5.74) is 3.18. The minimum atomic E-state index is 0.147. The Hall–Kier alpha value is -2.92. The number of likely N-dealkylation sites (tertiary alicyclic amines) is 2. The van der Waals surface area contributed by atoms with Crippen molar-refractivity contribution in [3.8, 4) is 5.75 Å². The van der Waals surface area contributed by atoms with Crippen molar-refractivity contribution in [1.82, 2.24) is 14.8 Å². The fraction of sp³-hybridized carbons (Fsp3) is 0.448. The molecule has 1 spiro atoms. The molecule has 5 nitrogen and oxygen atoms in total. The molecule has 5 heteroatoms. The average Bonchev–Trinajstić information content (AvgIpc) is 3.28. The zero-order chi connectivity index (χ0) is 23.5. The van der Waals surface area contributed by atoms with Crippen LogP contribution in [-0.2, 0) is 6.54 Å². The molecule has 0 unspecified atom stereocenters. The molecule has 2 fully saturated rings. The third-order valence-electron chi connectivity index (χ3n) is 7.46. The largest absolute Gasteiger partial charge is 0.493 e. The molecular weight excluding hydrogens is 422 g/mol. The van der Waals surface area contributed by atoms with Crippen LogP contribution in [0.4, 0.5) is 0 Å². The van der Waals surface area contributed by atoms with E-state index in [2.05, 4.69) is 52.9 Å². The van der Waals surface area contributed by atoms with E-state index in [0.29, 0.717) is 5.92 Å². The summed E-state index contributed by atoms with van der Waals surface area (Å²) in [5, 5.41) is 0.948. The van der Waals surface area contributed by atoms with Crippen molar-refractivity contribution in [1.29, 1.82) is 0 Å². The molecule has 3 heterocycles. The van der Waals surface area contributed by atoms with Crippen molar-refractivity contribution in [3.05, 3.63) is 71.9 Å². The van der Waals surface area contributed by atoms with Crippen LogP contribution in [0.5, 0.6) is 5.75 Å². The van der Waals surface area contributed by atoms with Crippen LogP contribution in [0.25, 0.3) is 10.9 Å². The summed E-state index contributed by atoms with van der Waals surface area (Å²) < 4.78 is 6.07. The van der Waals surface area contributed by atoms with Gasteiger partial charge in [-0.3, -0.25) is 14.7 Å². The van der Waals surface area contributed by atoms with Crippen LogP contribution in [0.15, 0.2) is 60.8 Å². The second-order valence-corrected chi connectivity index (χ2v) is 10.4. The molecule has 0 atom stereocenters. The summed E-state index contributed by atoms with van der Waals surface area (Å²) in [6, 6.07) is 18.2. The minimum absolute atomic E-state index is 0.147. The van der Waals surface area contributed by atoms with Gasteiger partial charge in [0, 0.05) is 36.8 Å². The summed E-state index contributed by atoms with van der Waals surface area (Å²) in [6.07, 6.45) is 5.14. The van der Waals surface area contributed by atoms with Gasteiger partial charge in [-0.2, -0.15) is 0 Å². The van der Waals surface area contributed by atoms with Crippen LogP contribution in [-0.4, -0.2) is 53.5 Å². The van der Waals surface area contributed by atoms with Gasteiger partial charge in [-0.25, -0.2) is 0 Å². The van der Waals surface area contributed by atoms with Crippen LogP contribution in [0, 0.1) is 11.3 Å². The molecular formula is C29H35N3O2. The number of carbonyl (C=O) groups excluding carboxylic acids is 1. The molecule has 5 rings (SSSR count). The first-order valence-corrected chi connectivity index (χ1v) is 12.6. The Morgan fingerprint density at radius 3 is 2.56 bits per heavy atom. The van der Waals surface area contributed by atoms with E-state index in [0.717, 1.165) is 80.8 Å². The Morgan fingerprint density at radius 2 is 1.74 bits per heavy atom. The predicted octanol–water partition coefficient (Wildman–Crippen LogP) is 5.40. The van der Waals surface area contributed by atoms with Gasteiger partial charge in [0.15, 0.2) is 0 Å². The highest BCUT2D eigenvalue weighted by molar-refractivity contribution is 6.06. The Kier molecular flexibility index (Phi) is 6.55. The number of aromatic nitrogens is 1. The van der Waals surface area contributed by atoms with E-state index in [4.69, 9.17) is 4.74 Å². The molecule has 0 radical (unpaired) electrons. The molecule has 0 aliphatic carbocycles. The van der Waals surface area contributed by atoms with Crippen molar-refractivity contribution >= 4 is 16.8 Å². The molecule has 2 aliphatic heterocycles. The number of pyridine rings is 1. The van der Waals surface area contributed by atoms with E-state index in [9.17, 15) is 4.79 Å². The smallest absolute Gasteiger partial charge is 0.254 e. The minimum Gasteiger partial charge on any atom is -0.493 e. The van der Waals surface area contributed by atoms with Gasteiger partial charge < -0.3 is 9.64 Å². The Labute approximate surface area is 202 Å². The van der Waals surface area contributed by atoms with Gasteiger partial charge >= 0.3 is 0 Å². The summed E-state index contributed by atoms with van der Waals surface area (Å²) in [6.45, 7) is 9.88. The first-order chi connectivity index (χ1) is 16.5. The first kappa shape index (κ1) is 22.9. The van der Waals surface area contributed by atoms with Crippen LogP contribution < -0.4 is 4.74 Å². The van der Waals surface area contributed by atoms with Crippen molar-refractivity contribution in [2.45, 2.75) is 39.7 Å². The van der Waals surface area contributed by atoms with Crippen LogP contribution in [0.2, 0.25) is 0 Å². The highest BCUT2D eigenvalue weighted by Crippen LogP contribution is 2.41. The number of hydrogen-bond donors (Lipinski definition) is 0. The highest BCUT2D eigenvalue weighted by atomic mass is 16.5. The molecule has 0 saturated carbocycles. The van der Waals surface area contributed by atoms with Crippen molar-refractivity contribution < 1.29 is 9.53 Å². The predicted molar refractivity (Wildman–Crippen MR) is 136 cm³/mol. The number of rotatable bonds is 6. The number of carbonyl (C=O) groups is 1. The third kappa shape index (κ3) is 4.80. The van der Waals surface area contributed by atoms with E-state index >= 15 is 0 Å². The number of piperidine rings is 1. The topological polar surface area (TPSA) is 45.7 Å². The maximum absolute atomic E-state index is 13.4. The molecule has 1 aromatic heterocycles.